The number of hydrogen-bond acceptors (Lipinski definition) is 7. The normalized spacial score (nSPS) is 11.0. The van der Waals surface area contributed by atoms with Gasteiger partial charge in [-0.1, -0.05) is 0 Å². The largest absolute Gasteiger partial charge is 0.368 e. The number of hydrogen-bond donors (Lipinski definition) is 3. The lowest BCUT2D eigenvalue weighted by atomic mass is 10.2. The lowest BCUT2D eigenvalue weighted by molar-refractivity contribution is 0.720. The van der Waals surface area contributed by atoms with E-state index in [1.54, 1.807) is 17.1 Å². The smallest absolute Gasteiger partial charge is 0.224 e. The second kappa shape index (κ2) is 5.61. The maximum Gasteiger partial charge on any atom is 0.224 e. The molecular formula is C15H15N9. The first kappa shape index (κ1) is 14.1. The van der Waals surface area contributed by atoms with Crippen LogP contribution in [0.5, 0.6) is 0 Å². The number of nitrogens with zero attached hydrogens (tertiary/aromatic N) is 6. The molecule has 4 aromatic heterocycles. The third kappa shape index (κ3) is 2.51. The Kier molecular flexibility index (Phi) is 3.30. The van der Waals surface area contributed by atoms with Crippen LogP contribution in [-0.4, -0.2) is 34.9 Å². The Hall–Kier alpha value is -3.49. The molecule has 0 spiro atoms. The Morgan fingerprint density at radius 3 is 2.79 bits per heavy atom. The van der Waals surface area contributed by atoms with Crippen molar-refractivity contribution >= 4 is 22.8 Å². The minimum Gasteiger partial charge on any atom is -0.368 e. The number of aryl methyl sites for hydroxylation is 1. The van der Waals surface area contributed by atoms with Crippen molar-refractivity contribution < 1.29 is 0 Å². The number of nitrogen functional groups attached to an aromatic ring is 1. The van der Waals surface area contributed by atoms with Gasteiger partial charge in [0.05, 0.1) is 29.0 Å². The predicted octanol–water partition coefficient (Wildman–Crippen LogP) is 1.34. The van der Waals surface area contributed by atoms with Crippen molar-refractivity contribution in [1.82, 2.24) is 34.9 Å². The number of anilines is 2. The highest BCUT2D eigenvalue weighted by Crippen LogP contribution is 2.23. The first-order valence-electron chi connectivity index (χ1n) is 7.35. The standard InChI is InChI=1S/C15H15N9/c1-24-9(4-7-19-24)8-17-13-10-2-3-11(12-5-6-18-23-12)20-14(10)22-15(16)21-13/h2-7H,8H2,1H3,(H,18,23)(H3,16,17,20,21,22). The van der Waals surface area contributed by atoms with Crippen molar-refractivity contribution in [1.29, 1.82) is 0 Å². The van der Waals surface area contributed by atoms with Crippen LogP contribution in [0.3, 0.4) is 0 Å². The van der Waals surface area contributed by atoms with E-state index in [4.69, 9.17) is 5.73 Å². The van der Waals surface area contributed by atoms with E-state index in [1.165, 1.54) is 0 Å². The van der Waals surface area contributed by atoms with Crippen molar-refractivity contribution in [3.63, 3.8) is 0 Å². The topological polar surface area (TPSA) is 123 Å². The molecule has 9 nitrogen and oxygen atoms in total. The molecule has 0 aliphatic carbocycles. The fourth-order valence-electron chi connectivity index (χ4n) is 2.46. The fraction of sp³-hybridized carbons (Fsp3) is 0.133. The van der Waals surface area contributed by atoms with Crippen LogP contribution in [0.25, 0.3) is 22.4 Å². The van der Waals surface area contributed by atoms with E-state index in [1.807, 2.05) is 31.3 Å². The summed E-state index contributed by atoms with van der Waals surface area (Å²) in [5.41, 5.74) is 8.96. The maximum atomic E-state index is 5.83. The number of pyridine rings is 1. The molecule has 0 amide bonds. The van der Waals surface area contributed by atoms with E-state index >= 15 is 0 Å². The zero-order chi connectivity index (χ0) is 16.5. The van der Waals surface area contributed by atoms with Gasteiger partial charge >= 0.3 is 0 Å². The lowest BCUT2D eigenvalue weighted by Gasteiger charge is -2.10. The molecular weight excluding hydrogens is 306 g/mol. The van der Waals surface area contributed by atoms with Gasteiger partial charge in [-0.2, -0.15) is 20.2 Å². The summed E-state index contributed by atoms with van der Waals surface area (Å²) in [6.07, 6.45) is 3.43. The van der Waals surface area contributed by atoms with E-state index < -0.39 is 0 Å². The summed E-state index contributed by atoms with van der Waals surface area (Å²) in [6.45, 7) is 0.574. The highest BCUT2D eigenvalue weighted by molar-refractivity contribution is 5.88. The number of aromatic amines is 1. The van der Waals surface area contributed by atoms with E-state index in [-0.39, 0.29) is 5.95 Å². The molecule has 120 valence electrons. The number of fused-ring (bicyclic) bond motifs is 1. The average molecular weight is 321 g/mol. The molecule has 0 unspecified atom stereocenters. The van der Waals surface area contributed by atoms with Gasteiger partial charge in [-0.25, -0.2) is 4.98 Å². The molecule has 0 bridgehead atoms. The third-order valence-electron chi connectivity index (χ3n) is 3.71. The van der Waals surface area contributed by atoms with Gasteiger partial charge in [0.25, 0.3) is 0 Å². The number of nitrogens with two attached hydrogens (primary N) is 1. The van der Waals surface area contributed by atoms with E-state index in [9.17, 15) is 0 Å². The molecule has 0 aromatic carbocycles. The third-order valence-corrected chi connectivity index (χ3v) is 3.71. The highest BCUT2D eigenvalue weighted by Gasteiger charge is 2.10. The molecule has 4 aromatic rings. The van der Waals surface area contributed by atoms with Crippen LogP contribution in [0.15, 0.2) is 36.7 Å². The average Bonchev–Trinajstić information content (AvgIpc) is 3.23. The van der Waals surface area contributed by atoms with Crippen LogP contribution < -0.4 is 11.1 Å². The van der Waals surface area contributed by atoms with Crippen molar-refractivity contribution in [2.45, 2.75) is 6.54 Å². The quantitative estimate of drug-likeness (QED) is 0.518. The molecule has 0 saturated heterocycles. The summed E-state index contributed by atoms with van der Waals surface area (Å²) in [7, 11) is 1.89. The van der Waals surface area contributed by atoms with Crippen LogP contribution in [0, 0.1) is 0 Å². The molecule has 24 heavy (non-hydrogen) atoms. The molecule has 4 rings (SSSR count). The highest BCUT2D eigenvalue weighted by atomic mass is 15.3. The van der Waals surface area contributed by atoms with Gasteiger partial charge < -0.3 is 11.1 Å². The minimum atomic E-state index is 0.171. The van der Waals surface area contributed by atoms with Gasteiger partial charge in [-0.3, -0.25) is 9.78 Å². The second-order valence-corrected chi connectivity index (χ2v) is 5.27. The van der Waals surface area contributed by atoms with Crippen LogP contribution >= 0.6 is 0 Å². The zero-order valence-corrected chi connectivity index (χ0v) is 12.9. The molecule has 0 radical (unpaired) electrons. The van der Waals surface area contributed by atoms with Gasteiger partial charge in [0.1, 0.15) is 5.82 Å². The molecule has 9 heteroatoms. The van der Waals surface area contributed by atoms with Gasteiger partial charge in [-0.05, 0) is 24.3 Å². The van der Waals surface area contributed by atoms with Gasteiger partial charge in [0.2, 0.25) is 5.95 Å². The maximum absolute atomic E-state index is 5.83. The van der Waals surface area contributed by atoms with Crippen molar-refractivity contribution in [3.05, 3.63) is 42.4 Å². The second-order valence-electron chi connectivity index (χ2n) is 5.27. The SMILES string of the molecule is Cn1nccc1CNc1nc(N)nc2nc(-c3ccn[nH]3)ccc12. The van der Waals surface area contributed by atoms with E-state index in [2.05, 4.69) is 35.6 Å². The summed E-state index contributed by atoms with van der Waals surface area (Å²) in [5, 5.41) is 15.0. The number of rotatable bonds is 4. The summed E-state index contributed by atoms with van der Waals surface area (Å²) >= 11 is 0. The summed E-state index contributed by atoms with van der Waals surface area (Å²) in [5.74, 6) is 0.812. The number of H-pyrrole nitrogens is 1. The summed E-state index contributed by atoms with van der Waals surface area (Å²) in [6, 6.07) is 7.60. The fourth-order valence-corrected chi connectivity index (χ4v) is 2.46. The van der Waals surface area contributed by atoms with E-state index in [0.717, 1.165) is 22.5 Å². The zero-order valence-electron chi connectivity index (χ0n) is 12.9. The monoisotopic (exact) mass is 321 g/mol. The Morgan fingerprint density at radius 2 is 2.04 bits per heavy atom. The van der Waals surface area contributed by atoms with Gasteiger partial charge in [-0.15, -0.1) is 0 Å². The van der Waals surface area contributed by atoms with Gasteiger partial charge in [0.15, 0.2) is 5.65 Å². The Morgan fingerprint density at radius 1 is 1.12 bits per heavy atom. The first-order valence-corrected chi connectivity index (χ1v) is 7.35. The molecule has 0 fully saturated rings. The van der Waals surface area contributed by atoms with Gasteiger partial charge in [0, 0.05) is 19.4 Å². The van der Waals surface area contributed by atoms with Crippen LogP contribution in [0.1, 0.15) is 5.69 Å². The van der Waals surface area contributed by atoms with Crippen LogP contribution in [-0.2, 0) is 13.6 Å². The lowest BCUT2D eigenvalue weighted by Crippen LogP contribution is -2.09. The van der Waals surface area contributed by atoms with Crippen molar-refractivity contribution in [3.8, 4) is 11.4 Å². The molecule has 0 aliphatic heterocycles. The number of aromatic nitrogens is 7. The first-order chi connectivity index (χ1) is 11.7. The molecule has 4 N–H and O–H groups in total. The molecule has 0 saturated carbocycles. The van der Waals surface area contributed by atoms with Crippen molar-refractivity contribution in [2.75, 3.05) is 11.1 Å². The van der Waals surface area contributed by atoms with Crippen LogP contribution in [0.4, 0.5) is 11.8 Å². The summed E-state index contributed by atoms with van der Waals surface area (Å²) in [4.78, 5) is 13.1. The minimum absolute atomic E-state index is 0.171. The predicted molar refractivity (Wildman–Crippen MR) is 89.9 cm³/mol. The summed E-state index contributed by atoms with van der Waals surface area (Å²) < 4.78 is 1.80. The molecule has 0 atom stereocenters. The van der Waals surface area contributed by atoms with Crippen LogP contribution in [0.2, 0.25) is 0 Å². The van der Waals surface area contributed by atoms with Crippen molar-refractivity contribution in [2.24, 2.45) is 7.05 Å². The van der Waals surface area contributed by atoms with E-state index in [0.29, 0.717) is 18.0 Å². The molecule has 0 aliphatic rings. The Balaban J connectivity index is 1.71. The number of nitrogens with one attached hydrogen (secondary N) is 2. The Labute approximate surface area is 137 Å². The Bertz CT molecular complexity index is 988. The molecule has 4 heterocycles.